The van der Waals surface area contributed by atoms with E-state index >= 15 is 0 Å². The Morgan fingerprint density at radius 2 is 1.55 bits per heavy atom. The molecule has 0 aromatic heterocycles. The van der Waals surface area contributed by atoms with E-state index in [9.17, 15) is 28.8 Å². The fourth-order valence-corrected chi connectivity index (χ4v) is 11.6. The molecule has 1 aromatic rings. The van der Waals surface area contributed by atoms with Gasteiger partial charge in [-0.05, 0) is 111 Å². The molecule has 12 nitrogen and oxygen atoms in total. The molecular weight excluding hydrogens is 697 g/mol. The first-order valence-corrected chi connectivity index (χ1v) is 20.8. The van der Waals surface area contributed by atoms with Crippen LogP contribution >= 0.6 is 0 Å². The van der Waals surface area contributed by atoms with Gasteiger partial charge in [0.25, 0.3) is 5.91 Å². The lowest BCUT2D eigenvalue weighted by Crippen LogP contribution is -2.64. The predicted octanol–water partition coefficient (Wildman–Crippen LogP) is 4.14. The molecule has 55 heavy (non-hydrogen) atoms. The zero-order valence-electron chi connectivity index (χ0n) is 32.6. The van der Waals surface area contributed by atoms with Gasteiger partial charge >= 0.3 is 6.03 Å². The summed E-state index contributed by atoms with van der Waals surface area (Å²) in [4.78, 5) is 83.6. The summed E-state index contributed by atoms with van der Waals surface area (Å²) in [5.74, 6) is -1.08. The van der Waals surface area contributed by atoms with Crippen LogP contribution in [0, 0.1) is 40.9 Å². The van der Waals surface area contributed by atoms with E-state index in [0.29, 0.717) is 30.7 Å². The minimum absolute atomic E-state index is 0.0347. The lowest BCUT2D eigenvalue weighted by Gasteiger charge is -2.56. The number of nitrogens with one attached hydrogen (secondary N) is 5. The number of allylic oxidation sites excluding steroid dienone is 1. The van der Waals surface area contributed by atoms with Crippen LogP contribution < -0.4 is 26.6 Å². The topological polar surface area (TPSA) is 166 Å². The molecule has 6 amide bonds. The van der Waals surface area contributed by atoms with Gasteiger partial charge in [-0.1, -0.05) is 69.5 Å². The molecular formula is C43H60N6O6. The number of hydrogen-bond acceptors (Lipinski definition) is 6. The molecule has 0 spiro atoms. The van der Waals surface area contributed by atoms with E-state index < -0.39 is 48.2 Å². The van der Waals surface area contributed by atoms with Crippen molar-refractivity contribution in [2.75, 3.05) is 13.1 Å². The Bertz CT molecular complexity index is 1620. The van der Waals surface area contributed by atoms with Crippen LogP contribution in [0.5, 0.6) is 0 Å². The van der Waals surface area contributed by atoms with Gasteiger partial charge in [0, 0.05) is 18.6 Å². The summed E-state index contributed by atoms with van der Waals surface area (Å²) in [7, 11) is 0. The number of likely N-dealkylation sites (tertiary alicyclic amines) is 1. The van der Waals surface area contributed by atoms with Crippen molar-refractivity contribution in [3.05, 3.63) is 48.6 Å². The van der Waals surface area contributed by atoms with E-state index in [1.165, 1.54) is 19.3 Å². The zero-order valence-corrected chi connectivity index (χ0v) is 32.6. The number of carbonyl (C=O) groups excluding carboxylic acids is 6. The Morgan fingerprint density at radius 1 is 0.891 bits per heavy atom. The highest BCUT2D eigenvalue weighted by Gasteiger charge is 2.70. The highest BCUT2D eigenvalue weighted by atomic mass is 16.2. The number of carbonyl (C=O) groups is 6. The summed E-state index contributed by atoms with van der Waals surface area (Å²) >= 11 is 0. The van der Waals surface area contributed by atoms with E-state index in [-0.39, 0.29) is 53.6 Å². The molecule has 7 fully saturated rings. The summed E-state index contributed by atoms with van der Waals surface area (Å²) in [5, 5.41) is 14.5. The predicted molar refractivity (Wildman–Crippen MR) is 207 cm³/mol. The SMILES string of the molecule is C=CCCC(NC(=O)[C@@H]1[C@@H]2C(CN1C(=O)[C@@H](NC(=O)NC13CC4CC(CC(C4)C1)C3)C1CCCCC1)C2(C)C)C(=O)C(=O)NCC(=O)NCc1ccccc1. The van der Waals surface area contributed by atoms with Crippen LogP contribution in [0.25, 0.3) is 0 Å². The maximum Gasteiger partial charge on any atom is 0.315 e. The van der Waals surface area contributed by atoms with Gasteiger partial charge < -0.3 is 31.5 Å². The number of ketones is 1. The van der Waals surface area contributed by atoms with Crippen molar-refractivity contribution in [3.63, 3.8) is 0 Å². The van der Waals surface area contributed by atoms with Crippen molar-refractivity contribution in [1.82, 2.24) is 31.5 Å². The molecule has 6 saturated carbocycles. The average Bonchev–Trinajstić information content (AvgIpc) is 3.46. The molecule has 7 aliphatic rings. The average molecular weight is 757 g/mol. The minimum Gasteiger partial charge on any atom is -0.350 e. The largest absolute Gasteiger partial charge is 0.350 e. The van der Waals surface area contributed by atoms with Crippen LogP contribution in [0.4, 0.5) is 4.79 Å². The number of amides is 6. The lowest BCUT2D eigenvalue weighted by atomic mass is 9.53. The Kier molecular flexibility index (Phi) is 11.4. The number of fused-ring (bicyclic) bond motifs is 1. The summed E-state index contributed by atoms with van der Waals surface area (Å²) in [5.41, 5.74) is 0.507. The van der Waals surface area contributed by atoms with Gasteiger partial charge in [-0.25, -0.2) is 4.79 Å². The van der Waals surface area contributed by atoms with Crippen molar-refractivity contribution in [3.8, 4) is 0 Å². The molecule has 1 heterocycles. The molecule has 2 unspecified atom stereocenters. The van der Waals surface area contributed by atoms with E-state index in [4.69, 9.17) is 0 Å². The van der Waals surface area contributed by atoms with Crippen LogP contribution in [-0.2, 0) is 30.5 Å². The normalized spacial score (nSPS) is 31.0. The van der Waals surface area contributed by atoms with Gasteiger partial charge in [-0.15, -0.1) is 6.58 Å². The Balaban J connectivity index is 1.02. The third-order valence-electron chi connectivity index (χ3n) is 14.1. The number of Topliss-reactive ketones (excluding diaryl/α,β-unsaturated/α-hetero) is 1. The van der Waals surface area contributed by atoms with Crippen molar-refractivity contribution >= 4 is 35.4 Å². The van der Waals surface area contributed by atoms with Crippen molar-refractivity contribution in [2.24, 2.45) is 40.9 Å². The zero-order chi connectivity index (χ0) is 38.9. The molecule has 4 bridgehead atoms. The van der Waals surface area contributed by atoms with E-state index in [2.05, 4.69) is 47.0 Å². The molecule has 0 radical (unpaired) electrons. The smallest absolute Gasteiger partial charge is 0.315 e. The molecule has 12 heteroatoms. The monoisotopic (exact) mass is 756 g/mol. The van der Waals surface area contributed by atoms with Crippen LogP contribution in [0.1, 0.15) is 103 Å². The second-order valence-corrected chi connectivity index (χ2v) is 18.3. The van der Waals surface area contributed by atoms with E-state index in [1.807, 2.05) is 30.3 Å². The lowest BCUT2D eigenvalue weighted by molar-refractivity contribution is -0.145. The summed E-state index contributed by atoms with van der Waals surface area (Å²) in [6, 6.07) is 6.26. The number of hydrogen-bond donors (Lipinski definition) is 5. The number of urea groups is 1. The van der Waals surface area contributed by atoms with Gasteiger partial charge in [0.1, 0.15) is 12.1 Å². The number of rotatable bonds is 15. The molecule has 1 aromatic carbocycles. The van der Waals surface area contributed by atoms with Crippen molar-refractivity contribution in [1.29, 1.82) is 0 Å². The van der Waals surface area contributed by atoms with Gasteiger partial charge in [0.15, 0.2) is 0 Å². The second kappa shape index (κ2) is 16.1. The quantitative estimate of drug-likeness (QED) is 0.133. The van der Waals surface area contributed by atoms with Crippen molar-refractivity contribution in [2.45, 2.75) is 128 Å². The summed E-state index contributed by atoms with van der Waals surface area (Å²) in [6.45, 7) is 8.21. The Labute approximate surface area is 325 Å². The van der Waals surface area contributed by atoms with Gasteiger partial charge in [0.2, 0.25) is 23.5 Å². The van der Waals surface area contributed by atoms with Gasteiger partial charge in [-0.2, -0.15) is 0 Å². The number of nitrogens with zero attached hydrogens (tertiary/aromatic N) is 1. The first-order valence-electron chi connectivity index (χ1n) is 20.8. The third kappa shape index (κ3) is 8.48. The maximum absolute atomic E-state index is 14.8. The Morgan fingerprint density at radius 3 is 2.18 bits per heavy atom. The molecule has 1 saturated heterocycles. The third-order valence-corrected chi connectivity index (χ3v) is 14.1. The first kappa shape index (κ1) is 39.0. The van der Waals surface area contributed by atoms with E-state index in [0.717, 1.165) is 56.9 Å². The second-order valence-electron chi connectivity index (χ2n) is 18.3. The van der Waals surface area contributed by atoms with Crippen LogP contribution in [-0.4, -0.2) is 77.1 Å². The fourth-order valence-electron chi connectivity index (χ4n) is 11.6. The van der Waals surface area contributed by atoms with Crippen LogP contribution in [0.2, 0.25) is 0 Å². The standard InChI is InChI=1S/C43H60N6O6/c1-4-5-16-32(37(51)39(53)45-24-33(50)44-23-26-12-8-6-9-13-26)46-38(52)36-34-31(42(34,2)3)25-49(36)40(54)35(30-14-10-7-11-15-30)47-41(55)48-43-20-27-17-28(21-43)19-29(18-27)22-43/h4,6,8-9,12-13,27-32,34-36H,1,5,7,10-11,14-25H2,2-3H3,(H,44,50)(H,45,53)(H,46,52)(H2,47,48,55)/t27?,28?,29?,31?,32?,34-,35-,36-,43?/m0/s1. The molecule has 6 aliphatic carbocycles. The number of piperidine rings is 1. The van der Waals surface area contributed by atoms with Gasteiger partial charge in [0.05, 0.1) is 12.6 Å². The van der Waals surface area contributed by atoms with Crippen LogP contribution in [0.3, 0.4) is 0 Å². The minimum atomic E-state index is -1.17. The van der Waals surface area contributed by atoms with Crippen LogP contribution in [0.15, 0.2) is 43.0 Å². The highest BCUT2D eigenvalue weighted by molar-refractivity contribution is 6.38. The van der Waals surface area contributed by atoms with E-state index in [1.54, 1.807) is 11.0 Å². The molecule has 1 aliphatic heterocycles. The molecule has 5 N–H and O–H groups in total. The van der Waals surface area contributed by atoms with Gasteiger partial charge in [-0.3, -0.25) is 24.0 Å². The maximum atomic E-state index is 14.8. The molecule has 5 atom stereocenters. The first-order chi connectivity index (χ1) is 26.4. The molecule has 8 rings (SSSR count). The fraction of sp³-hybridized carbons (Fsp3) is 0.674. The van der Waals surface area contributed by atoms with Crippen molar-refractivity contribution < 1.29 is 28.8 Å². The highest BCUT2D eigenvalue weighted by Crippen LogP contribution is 2.65. The summed E-state index contributed by atoms with van der Waals surface area (Å²) < 4.78 is 0. The Hall–Kier alpha value is -4.22. The molecule has 298 valence electrons. The number of benzene rings is 1. The summed E-state index contributed by atoms with van der Waals surface area (Å²) in [6.07, 6.45) is 13.6.